The van der Waals surface area contributed by atoms with Gasteiger partial charge in [-0.3, -0.25) is 0 Å². The minimum atomic E-state index is -0.487. The van der Waals surface area contributed by atoms with Gasteiger partial charge in [0.05, 0.1) is 16.6 Å². The van der Waals surface area contributed by atoms with Gasteiger partial charge < -0.3 is 14.6 Å². The molecule has 2 aliphatic rings. The quantitative estimate of drug-likeness (QED) is 0.674. The van der Waals surface area contributed by atoms with Gasteiger partial charge in [-0.05, 0) is 24.3 Å². The zero-order valence-electron chi connectivity index (χ0n) is 13.5. The molecule has 0 atom stereocenters. The number of imidazole rings is 1. The van der Waals surface area contributed by atoms with Gasteiger partial charge in [0.15, 0.2) is 0 Å². The molecule has 0 unspecified atom stereocenters. The van der Waals surface area contributed by atoms with Crippen LogP contribution in [0.15, 0.2) is 42.5 Å². The Balaban J connectivity index is 1.42. The van der Waals surface area contributed by atoms with E-state index < -0.39 is 5.60 Å². The van der Waals surface area contributed by atoms with Crippen molar-refractivity contribution >= 4 is 34.6 Å². The van der Waals surface area contributed by atoms with Crippen molar-refractivity contribution in [1.82, 2.24) is 9.97 Å². The summed E-state index contributed by atoms with van der Waals surface area (Å²) in [6.45, 7) is 1.55. The monoisotopic (exact) mass is 353 g/mol. The molecule has 0 radical (unpaired) electrons. The van der Waals surface area contributed by atoms with E-state index in [4.69, 9.17) is 16.3 Å². The fraction of sp³-hybridized carbons (Fsp3) is 0.263. The Hall–Kier alpha value is -2.53. The van der Waals surface area contributed by atoms with Crippen LogP contribution in [-0.4, -0.2) is 29.0 Å². The first-order valence-corrected chi connectivity index (χ1v) is 8.76. The molecular weight excluding hydrogens is 338 g/mol. The summed E-state index contributed by atoms with van der Waals surface area (Å²) < 4.78 is 5.81. The number of nitrogens with zero attached hydrogens (tertiary/aromatic N) is 2. The van der Waals surface area contributed by atoms with Crippen molar-refractivity contribution in [3.63, 3.8) is 0 Å². The number of anilines is 1. The number of halogens is 1. The summed E-state index contributed by atoms with van der Waals surface area (Å²) in [5, 5.41) is 0.678. The highest BCUT2D eigenvalue weighted by Crippen LogP contribution is 2.44. The van der Waals surface area contributed by atoms with Crippen molar-refractivity contribution in [2.24, 2.45) is 0 Å². The Bertz CT molecular complexity index is 989. The molecular formula is C19H16ClN3O2. The molecule has 126 valence electrons. The Morgan fingerprint density at radius 1 is 1.16 bits per heavy atom. The zero-order valence-corrected chi connectivity index (χ0v) is 14.2. The van der Waals surface area contributed by atoms with Crippen LogP contribution in [0.3, 0.4) is 0 Å². The third-order valence-corrected chi connectivity index (χ3v) is 5.46. The van der Waals surface area contributed by atoms with Gasteiger partial charge in [-0.2, -0.15) is 0 Å². The van der Waals surface area contributed by atoms with E-state index in [-0.39, 0.29) is 5.97 Å². The normalized spacial score (nSPS) is 18.6. The molecule has 25 heavy (non-hydrogen) atoms. The molecule has 0 aliphatic carbocycles. The molecule has 1 aromatic heterocycles. The molecule has 5 nitrogen and oxygen atoms in total. The van der Waals surface area contributed by atoms with Crippen molar-refractivity contribution < 1.29 is 9.53 Å². The SMILES string of the molecule is O=C1OC2(CCN(c3nc4cc(Cl)ccc4[nH]3)CC2)c2ccccc21. The number of nitrogens with one attached hydrogen (secondary N) is 1. The minimum absolute atomic E-state index is 0.206. The van der Waals surface area contributed by atoms with Crippen LogP contribution in [0.4, 0.5) is 5.95 Å². The Kier molecular flexibility index (Phi) is 3.09. The van der Waals surface area contributed by atoms with Gasteiger partial charge in [0.2, 0.25) is 5.95 Å². The van der Waals surface area contributed by atoms with E-state index in [0.717, 1.165) is 48.5 Å². The largest absolute Gasteiger partial charge is 0.450 e. The predicted octanol–water partition coefficient (Wildman–Crippen LogP) is 3.88. The van der Waals surface area contributed by atoms with Crippen LogP contribution >= 0.6 is 11.6 Å². The number of piperidine rings is 1. The maximum atomic E-state index is 12.2. The summed E-state index contributed by atoms with van der Waals surface area (Å²) in [6.07, 6.45) is 1.51. The van der Waals surface area contributed by atoms with E-state index in [1.807, 2.05) is 42.5 Å². The second-order valence-electron chi connectivity index (χ2n) is 6.64. The average Bonchev–Trinajstić information content (AvgIpc) is 3.16. The van der Waals surface area contributed by atoms with Crippen LogP contribution in [-0.2, 0) is 10.3 Å². The van der Waals surface area contributed by atoms with Gasteiger partial charge >= 0.3 is 5.97 Å². The fourth-order valence-electron chi connectivity index (χ4n) is 3.91. The maximum Gasteiger partial charge on any atom is 0.339 e. The van der Waals surface area contributed by atoms with Crippen LogP contribution in [0.25, 0.3) is 11.0 Å². The van der Waals surface area contributed by atoms with Crippen molar-refractivity contribution in [3.8, 4) is 0 Å². The van der Waals surface area contributed by atoms with Gasteiger partial charge in [0.25, 0.3) is 0 Å². The van der Waals surface area contributed by atoms with Gasteiger partial charge in [0.1, 0.15) is 5.60 Å². The van der Waals surface area contributed by atoms with Crippen LogP contribution in [0, 0.1) is 0 Å². The number of rotatable bonds is 1. The van der Waals surface area contributed by atoms with Crippen molar-refractivity contribution in [2.45, 2.75) is 18.4 Å². The molecule has 1 N–H and O–H groups in total. The van der Waals surface area contributed by atoms with Gasteiger partial charge in [0, 0.05) is 36.5 Å². The van der Waals surface area contributed by atoms with E-state index in [9.17, 15) is 4.79 Å². The number of ether oxygens (including phenoxy) is 1. The van der Waals surface area contributed by atoms with Crippen LogP contribution in [0.1, 0.15) is 28.8 Å². The maximum absolute atomic E-state index is 12.2. The number of benzene rings is 2. The molecule has 0 bridgehead atoms. The molecule has 6 heteroatoms. The molecule has 1 fully saturated rings. The van der Waals surface area contributed by atoms with Gasteiger partial charge in [-0.25, -0.2) is 9.78 Å². The molecule has 1 saturated heterocycles. The highest BCUT2D eigenvalue weighted by Gasteiger charge is 2.47. The lowest BCUT2D eigenvalue weighted by atomic mass is 9.84. The second-order valence-corrected chi connectivity index (χ2v) is 7.07. The Labute approximate surface area is 149 Å². The number of aromatic amines is 1. The lowest BCUT2D eigenvalue weighted by molar-refractivity contribution is -0.0211. The molecule has 1 spiro atoms. The number of hydrogen-bond donors (Lipinski definition) is 1. The second kappa shape index (κ2) is 5.23. The Morgan fingerprint density at radius 3 is 2.80 bits per heavy atom. The number of esters is 1. The molecule has 3 heterocycles. The molecule has 0 saturated carbocycles. The number of hydrogen-bond acceptors (Lipinski definition) is 4. The lowest BCUT2D eigenvalue weighted by Crippen LogP contribution is -2.43. The number of fused-ring (bicyclic) bond motifs is 3. The van der Waals surface area contributed by atoms with Crippen molar-refractivity contribution in [2.75, 3.05) is 18.0 Å². The minimum Gasteiger partial charge on any atom is -0.450 e. The first-order valence-electron chi connectivity index (χ1n) is 8.38. The number of H-pyrrole nitrogens is 1. The van der Waals surface area contributed by atoms with Crippen LogP contribution < -0.4 is 4.90 Å². The standard InChI is InChI=1S/C19H16ClN3O2/c20-12-5-6-15-16(11-12)22-18(21-15)23-9-7-19(8-10-23)14-4-2-1-3-13(14)17(24)25-19/h1-6,11H,7-10H2,(H,21,22). The zero-order chi connectivity index (χ0) is 17.0. The summed E-state index contributed by atoms with van der Waals surface area (Å²) >= 11 is 6.04. The lowest BCUT2D eigenvalue weighted by Gasteiger charge is -2.38. The average molecular weight is 354 g/mol. The Morgan fingerprint density at radius 2 is 1.96 bits per heavy atom. The third-order valence-electron chi connectivity index (χ3n) is 5.23. The summed E-state index contributed by atoms with van der Waals surface area (Å²) in [7, 11) is 0. The molecule has 2 aromatic carbocycles. The van der Waals surface area contributed by atoms with Gasteiger partial charge in [-0.15, -0.1) is 0 Å². The highest BCUT2D eigenvalue weighted by atomic mass is 35.5. The van der Waals surface area contributed by atoms with E-state index in [1.54, 1.807) is 0 Å². The van der Waals surface area contributed by atoms with Gasteiger partial charge in [-0.1, -0.05) is 29.8 Å². The fourth-order valence-corrected chi connectivity index (χ4v) is 4.08. The third kappa shape index (κ3) is 2.23. The number of aromatic nitrogens is 2. The smallest absolute Gasteiger partial charge is 0.339 e. The summed E-state index contributed by atoms with van der Waals surface area (Å²) in [6, 6.07) is 13.4. The topological polar surface area (TPSA) is 58.2 Å². The van der Waals surface area contributed by atoms with E-state index in [1.165, 1.54) is 0 Å². The first kappa shape index (κ1) is 14.8. The number of carbonyl (C=O) groups excluding carboxylic acids is 1. The predicted molar refractivity (Wildman–Crippen MR) is 96.1 cm³/mol. The van der Waals surface area contributed by atoms with Crippen molar-refractivity contribution in [1.29, 1.82) is 0 Å². The molecule has 3 aromatic rings. The van der Waals surface area contributed by atoms with E-state index in [0.29, 0.717) is 10.6 Å². The highest BCUT2D eigenvalue weighted by molar-refractivity contribution is 6.31. The van der Waals surface area contributed by atoms with Crippen LogP contribution in [0.2, 0.25) is 5.02 Å². The van der Waals surface area contributed by atoms with E-state index in [2.05, 4.69) is 14.9 Å². The summed E-state index contributed by atoms with van der Waals surface area (Å²) in [4.78, 5) is 22.4. The van der Waals surface area contributed by atoms with Crippen LogP contribution in [0.5, 0.6) is 0 Å². The molecule has 0 amide bonds. The molecule has 2 aliphatic heterocycles. The summed E-state index contributed by atoms with van der Waals surface area (Å²) in [5.74, 6) is 0.632. The van der Waals surface area contributed by atoms with Crippen molar-refractivity contribution in [3.05, 3.63) is 58.6 Å². The van der Waals surface area contributed by atoms with E-state index >= 15 is 0 Å². The first-order chi connectivity index (χ1) is 12.1. The molecule has 5 rings (SSSR count). The number of carbonyl (C=O) groups is 1. The summed E-state index contributed by atoms with van der Waals surface area (Å²) in [5.41, 5.74) is 3.07.